The van der Waals surface area contributed by atoms with E-state index in [1.165, 1.54) is 57.8 Å². The lowest BCUT2D eigenvalue weighted by molar-refractivity contribution is 0.0798. The van der Waals surface area contributed by atoms with Crippen molar-refractivity contribution in [1.82, 2.24) is 0 Å². The van der Waals surface area contributed by atoms with Crippen LogP contribution in [0.25, 0.3) is 0 Å². The van der Waals surface area contributed by atoms with Crippen molar-refractivity contribution in [3.8, 4) is 0 Å². The maximum absolute atomic E-state index is 2.47. The lowest BCUT2D eigenvalue weighted by Crippen LogP contribution is -2.31. The summed E-state index contributed by atoms with van der Waals surface area (Å²) in [5.74, 6) is 3.27. The summed E-state index contributed by atoms with van der Waals surface area (Å²) in [7, 11) is 0. The van der Waals surface area contributed by atoms with E-state index in [0.717, 1.165) is 23.2 Å². The highest BCUT2D eigenvalue weighted by atomic mass is 14.4. The number of hydrogen-bond acceptors (Lipinski definition) is 0. The molecule has 0 aromatic carbocycles. The van der Waals surface area contributed by atoms with Crippen molar-refractivity contribution in [3.05, 3.63) is 0 Å². The molecule has 0 atom stereocenters. The smallest absolute Gasteiger partial charge is 0.0300 e. The van der Waals surface area contributed by atoms with E-state index in [9.17, 15) is 0 Å². The van der Waals surface area contributed by atoms with Gasteiger partial charge >= 0.3 is 0 Å². The zero-order valence-corrected chi connectivity index (χ0v) is 17.3. The summed E-state index contributed by atoms with van der Waals surface area (Å²) in [6, 6.07) is 0. The highest BCUT2D eigenvalue weighted by Crippen LogP contribution is 2.49. The average molecular weight is 335 g/mol. The monoisotopic (exact) mass is 334 g/mol. The predicted molar refractivity (Wildman–Crippen MR) is 108 cm³/mol. The summed E-state index contributed by atoms with van der Waals surface area (Å²) < 4.78 is 0. The summed E-state index contributed by atoms with van der Waals surface area (Å²) in [5, 5.41) is 0. The fourth-order valence-corrected chi connectivity index (χ4v) is 5.89. The van der Waals surface area contributed by atoms with Gasteiger partial charge in [-0.15, -0.1) is 0 Å². The molecule has 2 aliphatic carbocycles. The van der Waals surface area contributed by atoms with Crippen LogP contribution in [0.1, 0.15) is 130 Å². The van der Waals surface area contributed by atoms with Crippen LogP contribution in [0, 0.1) is 23.2 Å². The molecule has 24 heavy (non-hydrogen) atoms. The fraction of sp³-hybridized carbons (Fsp3) is 1.00. The molecule has 0 aliphatic heterocycles. The summed E-state index contributed by atoms with van der Waals surface area (Å²) in [5.41, 5.74) is 0.739. The Balaban J connectivity index is 1.69. The third kappa shape index (κ3) is 6.06. The molecule has 0 N–H and O–H groups in total. The maximum atomic E-state index is 2.47. The summed E-state index contributed by atoms with van der Waals surface area (Å²) in [6.45, 7) is 7.14. The van der Waals surface area contributed by atoms with Crippen LogP contribution in [0.15, 0.2) is 0 Å². The van der Waals surface area contributed by atoms with Gasteiger partial charge in [0.05, 0.1) is 0 Å². The molecule has 0 bridgehead atoms. The lowest BCUT2D eigenvalue weighted by atomic mass is 9.62. The van der Waals surface area contributed by atoms with Crippen molar-refractivity contribution in [2.75, 3.05) is 0 Å². The molecule has 0 radical (unpaired) electrons. The number of unbranched alkanes of at least 4 members (excludes halogenated alkanes) is 4. The summed E-state index contributed by atoms with van der Waals surface area (Å²) in [4.78, 5) is 0. The lowest BCUT2D eigenvalue weighted by Gasteiger charge is -2.44. The Morgan fingerprint density at radius 3 is 1.83 bits per heavy atom. The van der Waals surface area contributed by atoms with Crippen LogP contribution in [-0.2, 0) is 0 Å². The van der Waals surface area contributed by atoms with Gasteiger partial charge in [-0.1, -0.05) is 85.0 Å². The fourth-order valence-electron chi connectivity index (χ4n) is 5.89. The zero-order valence-electron chi connectivity index (χ0n) is 17.3. The first-order valence-corrected chi connectivity index (χ1v) is 11.7. The topological polar surface area (TPSA) is 0 Å². The van der Waals surface area contributed by atoms with Gasteiger partial charge in [-0.25, -0.2) is 0 Å². The van der Waals surface area contributed by atoms with Crippen molar-refractivity contribution in [3.63, 3.8) is 0 Å². The van der Waals surface area contributed by atoms with E-state index in [2.05, 4.69) is 20.8 Å². The van der Waals surface area contributed by atoms with Gasteiger partial charge in [-0.2, -0.15) is 0 Å². The first kappa shape index (κ1) is 20.3. The van der Waals surface area contributed by atoms with Crippen LogP contribution in [0.4, 0.5) is 0 Å². The van der Waals surface area contributed by atoms with Gasteiger partial charge in [-0.05, 0) is 68.1 Å². The van der Waals surface area contributed by atoms with E-state index in [1.54, 1.807) is 51.4 Å². The molecule has 0 spiro atoms. The third-order valence-corrected chi connectivity index (χ3v) is 7.93. The highest BCUT2D eigenvalue weighted by molar-refractivity contribution is 4.88. The second-order valence-corrected chi connectivity index (χ2v) is 9.42. The Morgan fingerprint density at radius 2 is 1.25 bits per heavy atom. The van der Waals surface area contributed by atoms with Crippen LogP contribution >= 0.6 is 0 Å². The Labute approximate surface area is 153 Å². The molecule has 2 rings (SSSR count). The molecule has 0 heterocycles. The molecule has 0 aromatic rings. The average Bonchev–Trinajstić information content (AvgIpc) is 2.63. The van der Waals surface area contributed by atoms with Crippen molar-refractivity contribution in [2.24, 2.45) is 23.2 Å². The third-order valence-electron chi connectivity index (χ3n) is 7.93. The number of rotatable bonds is 10. The van der Waals surface area contributed by atoms with Crippen LogP contribution in [0.2, 0.25) is 0 Å². The largest absolute Gasteiger partial charge is 0.0654 e. The van der Waals surface area contributed by atoms with E-state index in [1.807, 2.05) is 0 Å². The number of hydrogen-bond donors (Lipinski definition) is 0. The SMILES string of the molecule is CCCCCC1CCC([C@H]2CC[C@](CC)(CCCCC)CC2)CC1. The molecule has 0 saturated heterocycles. The van der Waals surface area contributed by atoms with Crippen molar-refractivity contribution in [1.29, 1.82) is 0 Å². The van der Waals surface area contributed by atoms with Crippen LogP contribution in [0.3, 0.4) is 0 Å². The summed E-state index contributed by atoms with van der Waals surface area (Å²) >= 11 is 0. The Morgan fingerprint density at radius 1 is 0.667 bits per heavy atom. The van der Waals surface area contributed by atoms with Crippen molar-refractivity contribution < 1.29 is 0 Å². The standard InChI is InChI=1S/C24H46/c1-4-7-9-11-21-12-14-22(15-13-21)23-16-19-24(6-3,20-17-23)18-10-8-5-2/h21-23H,4-20H2,1-3H3/t21?,22?,23-,24-. The van der Waals surface area contributed by atoms with E-state index in [4.69, 9.17) is 0 Å². The van der Waals surface area contributed by atoms with Gasteiger partial charge in [-0.3, -0.25) is 0 Å². The van der Waals surface area contributed by atoms with Gasteiger partial charge in [0, 0.05) is 0 Å². The first-order valence-electron chi connectivity index (χ1n) is 11.7. The molecule has 0 unspecified atom stereocenters. The van der Waals surface area contributed by atoms with E-state index in [0.29, 0.717) is 0 Å². The zero-order chi connectivity index (χ0) is 17.3. The first-order chi connectivity index (χ1) is 11.7. The molecule has 0 heteroatoms. The second-order valence-electron chi connectivity index (χ2n) is 9.42. The molecule has 2 saturated carbocycles. The minimum absolute atomic E-state index is 0.739. The normalized spacial score (nSPS) is 34.4. The minimum atomic E-state index is 0.739. The maximum Gasteiger partial charge on any atom is -0.0300 e. The second kappa shape index (κ2) is 10.9. The van der Waals surface area contributed by atoms with Gasteiger partial charge in [0.15, 0.2) is 0 Å². The van der Waals surface area contributed by atoms with Gasteiger partial charge < -0.3 is 0 Å². The molecule has 0 aromatic heterocycles. The summed E-state index contributed by atoms with van der Waals surface area (Å²) in [6.07, 6.45) is 25.6. The van der Waals surface area contributed by atoms with E-state index >= 15 is 0 Å². The minimum Gasteiger partial charge on any atom is -0.0654 e. The van der Waals surface area contributed by atoms with E-state index in [-0.39, 0.29) is 0 Å². The molecular weight excluding hydrogens is 288 g/mol. The van der Waals surface area contributed by atoms with Crippen LogP contribution in [-0.4, -0.2) is 0 Å². The van der Waals surface area contributed by atoms with Gasteiger partial charge in [0.1, 0.15) is 0 Å². The quantitative estimate of drug-likeness (QED) is 0.351. The highest BCUT2D eigenvalue weighted by Gasteiger charge is 2.36. The molecule has 2 aliphatic rings. The van der Waals surface area contributed by atoms with E-state index < -0.39 is 0 Å². The van der Waals surface area contributed by atoms with Crippen LogP contribution in [0.5, 0.6) is 0 Å². The molecule has 0 nitrogen and oxygen atoms in total. The van der Waals surface area contributed by atoms with Gasteiger partial charge in [0.25, 0.3) is 0 Å². The molecule has 2 fully saturated rings. The van der Waals surface area contributed by atoms with Crippen molar-refractivity contribution >= 4 is 0 Å². The predicted octanol–water partition coefficient (Wildman–Crippen LogP) is 8.54. The van der Waals surface area contributed by atoms with Gasteiger partial charge in [0.2, 0.25) is 0 Å². The molecule has 142 valence electrons. The Kier molecular flexibility index (Phi) is 9.20. The molecule has 0 amide bonds. The van der Waals surface area contributed by atoms with Crippen molar-refractivity contribution in [2.45, 2.75) is 130 Å². The Bertz CT molecular complexity index is 302. The molecular formula is C24H46. The van der Waals surface area contributed by atoms with Crippen LogP contribution < -0.4 is 0 Å². The Hall–Kier alpha value is 0.